The third-order valence-corrected chi connectivity index (χ3v) is 3.25. The molecule has 0 saturated carbocycles. The first-order valence-corrected chi connectivity index (χ1v) is 7.56. The molecule has 1 heterocycles. The Bertz CT molecular complexity index is 315. The lowest BCUT2D eigenvalue weighted by Crippen LogP contribution is -2.29. The van der Waals surface area contributed by atoms with Crippen LogP contribution in [0, 0.1) is 0 Å². The molecule has 5 nitrogen and oxygen atoms in total. The van der Waals surface area contributed by atoms with Crippen LogP contribution in [0.5, 0.6) is 0 Å². The fourth-order valence-corrected chi connectivity index (χ4v) is 2.05. The summed E-state index contributed by atoms with van der Waals surface area (Å²) in [6.45, 7) is 9.70. The van der Waals surface area contributed by atoms with E-state index in [-0.39, 0.29) is 0 Å². The van der Waals surface area contributed by atoms with Crippen molar-refractivity contribution in [3.05, 3.63) is 11.9 Å². The van der Waals surface area contributed by atoms with Gasteiger partial charge in [0, 0.05) is 19.3 Å². The van der Waals surface area contributed by atoms with Gasteiger partial charge in [0.15, 0.2) is 0 Å². The number of rotatable bonds is 11. The highest BCUT2D eigenvalue weighted by Crippen LogP contribution is 2.00. The van der Waals surface area contributed by atoms with E-state index in [1.54, 1.807) is 0 Å². The summed E-state index contributed by atoms with van der Waals surface area (Å²) in [7, 11) is 1.93. The molecular weight excluding hydrogens is 238 g/mol. The Morgan fingerprint density at radius 3 is 2.42 bits per heavy atom. The molecule has 0 aromatic carbocycles. The van der Waals surface area contributed by atoms with Crippen LogP contribution < -0.4 is 5.32 Å². The van der Waals surface area contributed by atoms with Crippen LogP contribution in [0.1, 0.15) is 45.2 Å². The third kappa shape index (κ3) is 6.68. The molecule has 0 aliphatic rings. The van der Waals surface area contributed by atoms with E-state index in [1.165, 1.54) is 38.8 Å². The van der Waals surface area contributed by atoms with Crippen LogP contribution in [-0.2, 0) is 13.1 Å². The predicted octanol–water partition coefficient (Wildman–Crippen LogP) is 1.90. The summed E-state index contributed by atoms with van der Waals surface area (Å²) in [6.07, 6.45) is 7.13. The molecule has 0 saturated heterocycles. The van der Waals surface area contributed by atoms with Crippen molar-refractivity contribution in [3.63, 3.8) is 0 Å². The van der Waals surface area contributed by atoms with Crippen LogP contribution in [0.25, 0.3) is 0 Å². The Morgan fingerprint density at radius 2 is 1.84 bits per heavy atom. The Hall–Kier alpha value is -0.940. The summed E-state index contributed by atoms with van der Waals surface area (Å²) < 4.78 is 1.96. The van der Waals surface area contributed by atoms with Crippen molar-refractivity contribution >= 4 is 0 Å². The molecule has 0 bridgehead atoms. The Kier molecular flexibility index (Phi) is 8.41. The molecule has 1 rings (SSSR count). The SMILES string of the molecule is CCCCN(CCCC)CCn1cc(CNC)nn1. The van der Waals surface area contributed by atoms with Gasteiger partial charge in [-0.3, -0.25) is 4.68 Å². The van der Waals surface area contributed by atoms with E-state index in [0.29, 0.717) is 0 Å². The van der Waals surface area contributed by atoms with Gasteiger partial charge < -0.3 is 10.2 Å². The van der Waals surface area contributed by atoms with Crippen molar-refractivity contribution in [1.29, 1.82) is 0 Å². The van der Waals surface area contributed by atoms with Crippen LogP contribution in [-0.4, -0.2) is 46.6 Å². The Morgan fingerprint density at radius 1 is 1.16 bits per heavy atom. The van der Waals surface area contributed by atoms with Crippen molar-refractivity contribution in [3.8, 4) is 0 Å². The highest BCUT2D eigenvalue weighted by Gasteiger charge is 2.05. The van der Waals surface area contributed by atoms with Gasteiger partial charge in [-0.15, -0.1) is 5.10 Å². The van der Waals surface area contributed by atoms with E-state index in [9.17, 15) is 0 Å². The monoisotopic (exact) mass is 267 g/mol. The van der Waals surface area contributed by atoms with Gasteiger partial charge in [-0.2, -0.15) is 0 Å². The average Bonchev–Trinajstić information content (AvgIpc) is 2.86. The van der Waals surface area contributed by atoms with Crippen LogP contribution in [0.2, 0.25) is 0 Å². The second kappa shape index (κ2) is 9.92. The molecule has 0 radical (unpaired) electrons. The number of nitrogens with one attached hydrogen (secondary N) is 1. The highest BCUT2D eigenvalue weighted by atomic mass is 15.4. The zero-order valence-electron chi connectivity index (χ0n) is 12.7. The van der Waals surface area contributed by atoms with Crippen LogP contribution >= 0.6 is 0 Å². The molecule has 0 unspecified atom stereocenters. The Labute approximate surface area is 117 Å². The van der Waals surface area contributed by atoms with E-state index < -0.39 is 0 Å². The quantitative estimate of drug-likeness (QED) is 0.665. The molecule has 0 amide bonds. The van der Waals surface area contributed by atoms with E-state index in [2.05, 4.69) is 34.4 Å². The number of unbranched alkanes of at least 4 members (excludes halogenated alkanes) is 2. The second-order valence-electron chi connectivity index (χ2n) is 5.05. The van der Waals surface area contributed by atoms with Crippen molar-refractivity contribution in [2.24, 2.45) is 0 Å². The zero-order valence-corrected chi connectivity index (χ0v) is 12.7. The van der Waals surface area contributed by atoms with E-state index in [4.69, 9.17) is 0 Å². The van der Waals surface area contributed by atoms with Gasteiger partial charge in [-0.25, -0.2) is 0 Å². The van der Waals surface area contributed by atoms with Gasteiger partial charge in [0.05, 0.1) is 12.2 Å². The molecule has 1 aromatic heterocycles. The van der Waals surface area contributed by atoms with Gasteiger partial charge in [0.2, 0.25) is 0 Å². The van der Waals surface area contributed by atoms with Crippen molar-refractivity contribution in [2.75, 3.05) is 26.7 Å². The van der Waals surface area contributed by atoms with Gasteiger partial charge in [0.25, 0.3) is 0 Å². The fraction of sp³-hybridized carbons (Fsp3) is 0.857. The molecular formula is C14H29N5. The Balaban J connectivity index is 2.35. The lowest BCUT2D eigenvalue weighted by molar-refractivity contribution is 0.250. The van der Waals surface area contributed by atoms with Crippen molar-refractivity contribution < 1.29 is 0 Å². The summed E-state index contributed by atoms with van der Waals surface area (Å²) in [5.74, 6) is 0. The molecule has 0 atom stereocenters. The molecule has 1 aromatic rings. The first-order valence-electron chi connectivity index (χ1n) is 7.56. The first kappa shape index (κ1) is 16.1. The maximum absolute atomic E-state index is 4.17. The van der Waals surface area contributed by atoms with Crippen LogP contribution in [0.4, 0.5) is 0 Å². The standard InChI is InChI=1S/C14H29N5/c1-4-6-8-18(9-7-5-2)10-11-19-13-14(12-15-3)16-17-19/h13,15H,4-12H2,1-3H3. The van der Waals surface area contributed by atoms with Crippen LogP contribution in [0.3, 0.4) is 0 Å². The van der Waals surface area contributed by atoms with E-state index in [1.807, 2.05) is 17.9 Å². The largest absolute Gasteiger partial charge is 0.314 e. The van der Waals surface area contributed by atoms with Crippen molar-refractivity contribution in [2.45, 2.75) is 52.6 Å². The minimum absolute atomic E-state index is 0.787. The lowest BCUT2D eigenvalue weighted by Gasteiger charge is -2.21. The van der Waals surface area contributed by atoms with Gasteiger partial charge in [0.1, 0.15) is 0 Å². The molecule has 1 N–H and O–H groups in total. The fourth-order valence-electron chi connectivity index (χ4n) is 2.05. The maximum Gasteiger partial charge on any atom is 0.0964 e. The smallest absolute Gasteiger partial charge is 0.0964 e. The molecule has 19 heavy (non-hydrogen) atoms. The molecule has 0 aliphatic carbocycles. The molecule has 5 heteroatoms. The normalized spacial score (nSPS) is 11.4. The van der Waals surface area contributed by atoms with E-state index in [0.717, 1.165) is 25.3 Å². The van der Waals surface area contributed by atoms with E-state index >= 15 is 0 Å². The zero-order chi connectivity index (χ0) is 13.9. The van der Waals surface area contributed by atoms with Gasteiger partial charge in [-0.1, -0.05) is 31.9 Å². The second-order valence-corrected chi connectivity index (χ2v) is 5.05. The topological polar surface area (TPSA) is 46.0 Å². The minimum atomic E-state index is 0.787. The molecule has 0 aliphatic heterocycles. The van der Waals surface area contributed by atoms with Crippen molar-refractivity contribution in [1.82, 2.24) is 25.2 Å². The molecule has 0 fully saturated rings. The maximum atomic E-state index is 4.17. The summed E-state index contributed by atoms with van der Waals surface area (Å²) in [6, 6.07) is 0. The lowest BCUT2D eigenvalue weighted by atomic mass is 10.2. The predicted molar refractivity (Wildman–Crippen MR) is 79.0 cm³/mol. The van der Waals surface area contributed by atoms with Gasteiger partial charge in [-0.05, 0) is 33.0 Å². The molecule has 110 valence electrons. The number of nitrogens with zero attached hydrogens (tertiary/aromatic N) is 4. The summed E-state index contributed by atoms with van der Waals surface area (Å²) in [5, 5.41) is 11.4. The minimum Gasteiger partial charge on any atom is -0.314 e. The highest BCUT2D eigenvalue weighted by molar-refractivity contribution is 4.91. The average molecular weight is 267 g/mol. The first-order chi connectivity index (χ1) is 9.30. The summed E-state index contributed by atoms with van der Waals surface area (Å²) in [5.41, 5.74) is 1.01. The number of hydrogen-bond donors (Lipinski definition) is 1. The van der Waals surface area contributed by atoms with Crippen LogP contribution in [0.15, 0.2) is 6.20 Å². The number of aromatic nitrogens is 3. The molecule has 0 spiro atoms. The summed E-state index contributed by atoms with van der Waals surface area (Å²) in [4.78, 5) is 2.55. The third-order valence-electron chi connectivity index (χ3n) is 3.25. The van der Waals surface area contributed by atoms with Gasteiger partial charge >= 0.3 is 0 Å². The number of hydrogen-bond acceptors (Lipinski definition) is 4. The summed E-state index contributed by atoms with van der Waals surface area (Å²) >= 11 is 0.